The average Bonchev–Trinajstić information content (AvgIpc) is 2.77. The van der Waals surface area contributed by atoms with Gasteiger partial charge in [0.1, 0.15) is 6.10 Å². The van der Waals surface area contributed by atoms with Crippen molar-refractivity contribution in [3.8, 4) is 0 Å². The summed E-state index contributed by atoms with van der Waals surface area (Å²) in [6, 6.07) is 0. The first kappa shape index (κ1) is 12.2. The summed E-state index contributed by atoms with van der Waals surface area (Å²) in [4.78, 5) is 0. The van der Waals surface area contributed by atoms with Gasteiger partial charge in [-0.1, -0.05) is 0 Å². The molecule has 0 spiro atoms. The Morgan fingerprint density at radius 3 is 2.29 bits per heavy atom. The van der Waals surface area contributed by atoms with Crippen molar-refractivity contribution in [2.45, 2.75) is 62.8 Å². The van der Waals surface area contributed by atoms with E-state index in [9.17, 15) is 0 Å². The van der Waals surface area contributed by atoms with Crippen molar-refractivity contribution >= 4 is 11.8 Å². The third kappa shape index (κ3) is 2.24. The Morgan fingerprint density at radius 1 is 0.941 bits per heavy atom. The van der Waals surface area contributed by atoms with Gasteiger partial charge in [0.05, 0.1) is 24.1 Å². The van der Waals surface area contributed by atoms with Crippen LogP contribution in [0.3, 0.4) is 0 Å². The van der Waals surface area contributed by atoms with E-state index in [0.29, 0.717) is 11.9 Å². The molecule has 0 bridgehead atoms. The fraction of sp³-hybridized carbons (Fsp3) is 1.00. The number of hydrogen-bond donors (Lipinski definition) is 0. The van der Waals surface area contributed by atoms with Crippen LogP contribution in [0.5, 0.6) is 0 Å². The number of fused-ring (bicyclic) bond motifs is 1. The van der Waals surface area contributed by atoms with Crippen LogP contribution in [-0.4, -0.2) is 47.5 Å². The van der Waals surface area contributed by atoms with Crippen LogP contribution in [0.25, 0.3) is 0 Å². The number of thioether (sulfide) groups is 1. The fourth-order valence-corrected chi connectivity index (χ4v) is 4.21. The minimum Gasteiger partial charge on any atom is -0.348 e. The van der Waals surface area contributed by atoms with Crippen LogP contribution in [0.15, 0.2) is 0 Å². The number of rotatable bonds is 1. The minimum absolute atomic E-state index is 0.113. The summed E-state index contributed by atoms with van der Waals surface area (Å²) < 4.78 is 23.4. The van der Waals surface area contributed by atoms with Crippen LogP contribution in [0.1, 0.15) is 27.7 Å². The van der Waals surface area contributed by atoms with Gasteiger partial charge in [-0.15, -0.1) is 0 Å². The maximum atomic E-state index is 5.99. The van der Waals surface area contributed by atoms with Crippen molar-refractivity contribution < 1.29 is 18.9 Å². The van der Waals surface area contributed by atoms with Gasteiger partial charge in [-0.2, -0.15) is 11.8 Å². The van der Waals surface area contributed by atoms with Gasteiger partial charge in [-0.3, -0.25) is 0 Å². The molecule has 17 heavy (non-hydrogen) atoms. The Labute approximate surface area is 106 Å². The molecule has 3 heterocycles. The summed E-state index contributed by atoms with van der Waals surface area (Å²) in [6.45, 7) is 8.52. The molecule has 3 unspecified atom stereocenters. The second-order valence-corrected chi connectivity index (χ2v) is 7.01. The lowest BCUT2D eigenvalue weighted by molar-refractivity contribution is -0.154. The molecule has 4 atom stereocenters. The van der Waals surface area contributed by atoms with Crippen LogP contribution < -0.4 is 0 Å². The van der Waals surface area contributed by atoms with Crippen LogP contribution in [0.2, 0.25) is 0 Å². The fourth-order valence-electron chi connectivity index (χ4n) is 2.77. The van der Waals surface area contributed by atoms with Gasteiger partial charge in [-0.05, 0) is 27.7 Å². The molecule has 3 rings (SSSR count). The van der Waals surface area contributed by atoms with E-state index in [-0.39, 0.29) is 18.3 Å². The lowest BCUT2D eigenvalue weighted by Gasteiger charge is -2.25. The molecular formula is C12H20O4S. The van der Waals surface area contributed by atoms with Gasteiger partial charge in [0, 0.05) is 5.75 Å². The molecule has 3 aliphatic heterocycles. The molecule has 5 heteroatoms. The largest absolute Gasteiger partial charge is 0.348 e. The first-order chi connectivity index (χ1) is 7.86. The molecule has 0 amide bonds. The Balaban J connectivity index is 1.70. The van der Waals surface area contributed by atoms with Crippen molar-refractivity contribution in [2.24, 2.45) is 0 Å². The monoisotopic (exact) mass is 260 g/mol. The van der Waals surface area contributed by atoms with Gasteiger partial charge < -0.3 is 18.9 Å². The van der Waals surface area contributed by atoms with E-state index in [1.165, 1.54) is 0 Å². The van der Waals surface area contributed by atoms with Crippen molar-refractivity contribution in [1.29, 1.82) is 0 Å². The molecule has 3 fully saturated rings. The highest BCUT2D eigenvalue weighted by molar-refractivity contribution is 8.00. The normalized spacial score (nSPS) is 47.3. The predicted molar refractivity (Wildman–Crippen MR) is 65.0 cm³/mol. The van der Waals surface area contributed by atoms with E-state index in [2.05, 4.69) is 0 Å². The van der Waals surface area contributed by atoms with Crippen LogP contribution >= 0.6 is 11.8 Å². The van der Waals surface area contributed by atoms with E-state index < -0.39 is 11.6 Å². The highest BCUT2D eigenvalue weighted by Crippen LogP contribution is 2.44. The van der Waals surface area contributed by atoms with Gasteiger partial charge >= 0.3 is 0 Å². The van der Waals surface area contributed by atoms with E-state index in [1.807, 2.05) is 39.5 Å². The molecule has 0 aliphatic carbocycles. The first-order valence-electron chi connectivity index (χ1n) is 6.15. The summed E-state index contributed by atoms with van der Waals surface area (Å²) in [5, 5.41) is 0.323. The first-order valence-corrected chi connectivity index (χ1v) is 7.20. The molecule has 0 aromatic rings. The second kappa shape index (κ2) is 3.84. The third-order valence-corrected chi connectivity index (χ3v) is 4.87. The molecule has 0 aromatic heterocycles. The highest BCUT2D eigenvalue weighted by atomic mass is 32.2. The predicted octanol–water partition coefficient (Wildman–Crippen LogP) is 1.77. The molecule has 3 aliphatic rings. The standard InChI is InChI=1S/C12H20O4S/c1-11(2)13-5-7(14-11)10-9-8(6-17-10)15-12(3,4)16-9/h7-10H,5-6H2,1-4H3/t7-,8?,9?,10?/m0/s1. The van der Waals surface area contributed by atoms with E-state index in [0.717, 1.165) is 5.75 Å². The molecular weight excluding hydrogens is 240 g/mol. The van der Waals surface area contributed by atoms with Gasteiger partial charge in [0.2, 0.25) is 0 Å². The van der Waals surface area contributed by atoms with Crippen LogP contribution in [0, 0.1) is 0 Å². The molecule has 0 N–H and O–H groups in total. The summed E-state index contributed by atoms with van der Waals surface area (Å²) >= 11 is 1.88. The SMILES string of the molecule is CC1(C)OC2CSC([C@@H]3COC(C)(C)O3)C2O1. The van der Waals surface area contributed by atoms with Crippen molar-refractivity contribution in [1.82, 2.24) is 0 Å². The molecule has 0 aromatic carbocycles. The zero-order chi connectivity index (χ0) is 12.3. The zero-order valence-corrected chi connectivity index (χ0v) is 11.6. The van der Waals surface area contributed by atoms with Gasteiger partial charge in [0.25, 0.3) is 0 Å². The summed E-state index contributed by atoms with van der Waals surface area (Å²) in [5.41, 5.74) is 0. The lowest BCUT2D eigenvalue weighted by Crippen LogP contribution is -2.38. The Bertz CT molecular complexity index is 318. The highest BCUT2D eigenvalue weighted by Gasteiger charge is 2.54. The molecule has 4 nitrogen and oxygen atoms in total. The number of ether oxygens (including phenoxy) is 4. The maximum absolute atomic E-state index is 5.99. The Hall–Kier alpha value is 0.190. The van der Waals surface area contributed by atoms with Crippen LogP contribution in [-0.2, 0) is 18.9 Å². The zero-order valence-electron chi connectivity index (χ0n) is 10.8. The quantitative estimate of drug-likeness (QED) is 0.718. The number of hydrogen-bond acceptors (Lipinski definition) is 5. The van der Waals surface area contributed by atoms with Crippen molar-refractivity contribution in [2.75, 3.05) is 12.4 Å². The van der Waals surface area contributed by atoms with E-state index in [1.54, 1.807) is 0 Å². The molecule has 0 radical (unpaired) electrons. The molecule has 0 saturated carbocycles. The van der Waals surface area contributed by atoms with Crippen molar-refractivity contribution in [3.05, 3.63) is 0 Å². The molecule has 98 valence electrons. The maximum Gasteiger partial charge on any atom is 0.163 e. The average molecular weight is 260 g/mol. The third-order valence-electron chi connectivity index (χ3n) is 3.40. The minimum atomic E-state index is -0.460. The summed E-state index contributed by atoms with van der Waals surface area (Å²) in [5.74, 6) is 0.0703. The lowest BCUT2D eigenvalue weighted by atomic mass is 10.1. The van der Waals surface area contributed by atoms with Gasteiger partial charge in [-0.25, -0.2) is 0 Å². The Morgan fingerprint density at radius 2 is 1.65 bits per heavy atom. The van der Waals surface area contributed by atoms with Crippen LogP contribution in [0.4, 0.5) is 0 Å². The second-order valence-electron chi connectivity index (χ2n) is 5.80. The smallest absolute Gasteiger partial charge is 0.163 e. The van der Waals surface area contributed by atoms with E-state index in [4.69, 9.17) is 18.9 Å². The van der Waals surface area contributed by atoms with Gasteiger partial charge in [0.15, 0.2) is 11.6 Å². The molecule has 3 saturated heterocycles. The summed E-state index contributed by atoms with van der Waals surface area (Å²) in [6.07, 6.45) is 0.451. The van der Waals surface area contributed by atoms with Crippen molar-refractivity contribution in [3.63, 3.8) is 0 Å². The van der Waals surface area contributed by atoms with E-state index >= 15 is 0 Å². The topological polar surface area (TPSA) is 36.9 Å². The summed E-state index contributed by atoms with van der Waals surface area (Å²) in [7, 11) is 0. The Kier molecular flexibility index (Phi) is 2.76.